The largest absolute Gasteiger partial charge is 0.288 e. The van der Waals surface area contributed by atoms with Crippen molar-refractivity contribution in [2.75, 3.05) is 0 Å². The minimum atomic E-state index is -0.0162. The van der Waals surface area contributed by atoms with Crippen molar-refractivity contribution in [2.45, 2.75) is 6.92 Å². The second kappa shape index (κ2) is 4.13. The van der Waals surface area contributed by atoms with Crippen LogP contribution in [-0.2, 0) is 0 Å². The summed E-state index contributed by atoms with van der Waals surface area (Å²) in [6, 6.07) is 7.06. The first-order chi connectivity index (χ1) is 7.20. The second-order valence-corrected chi connectivity index (χ2v) is 4.36. The summed E-state index contributed by atoms with van der Waals surface area (Å²) in [5.74, 6) is -0.0162. The van der Waals surface area contributed by atoms with Crippen LogP contribution in [-0.4, -0.2) is 10.2 Å². The molecule has 0 amide bonds. The van der Waals surface area contributed by atoms with E-state index in [0.29, 0.717) is 15.5 Å². The van der Waals surface area contributed by atoms with Gasteiger partial charge in [0.25, 0.3) is 0 Å². The maximum Gasteiger partial charge on any atom is 0.204 e. The van der Waals surface area contributed by atoms with Crippen molar-refractivity contribution in [1.82, 2.24) is 4.37 Å². The molecule has 76 valence electrons. The van der Waals surface area contributed by atoms with Crippen LogP contribution in [0.25, 0.3) is 0 Å². The van der Waals surface area contributed by atoms with Crippen molar-refractivity contribution in [3.63, 3.8) is 0 Å². The molecule has 1 aromatic carbocycles. The maximum absolute atomic E-state index is 12.0. The van der Waals surface area contributed by atoms with Gasteiger partial charge >= 0.3 is 0 Å². The fraction of sp³-hybridized carbons (Fsp3) is 0.0909. The molecule has 1 heterocycles. The van der Waals surface area contributed by atoms with E-state index in [-0.39, 0.29) is 5.78 Å². The molecule has 2 rings (SSSR count). The number of halogens is 1. The molecule has 2 aromatic rings. The van der Waals surface area contributed by atoms with E-state index < -0.39 is 0 Å². The topological polar surface area (TPSA) is 30.0 Å². The lowest BCUT2D eigenvalue weighted by Crippen LogP contribution is -2.01. The number of benzene rings is 1. The molecule has 0 aliphatic heterocycles. The van der Waals surface area contributed by atoms with Crippen molar-refractivity contribution in [3.05, 3.63) is 51.5 Å². The summed E-state index contributed by atoms with van der Waals surface area (Å²) < 4.78 is 3.91. The van der Waals surface area contributed by atoms with Gasteiger partial charge in [-0.1, -0.05) is 23.7 Å². The molecule has 1 aromatic heterocycles. The summed E-state index contributed by atoms with van der Waals surface area (Å²) in [5, 5.41) is 0.616. The molecule has 0 aliphatic rings. The van der Waals surface area contributed by atoms with Crippen LogP contribution >= 0.6 is 23.1 Å². The highest BCUT2D eigenvalue weighted by Crippen LogP contribution is 2.22. The molecule has 0 radical (unpaired) electrons. The zero-order chi connectivity index (χ0) is 10.8. The highest BCUT2D eigenvalue weighted by Gasteiger charge is 2.14. The van der Waals surface area contributed by atoms with Gasteiger partial charge in [0, 0.05) is 16.8 Å². The molecule has 0 atom stereocenters. The molecule has 0 saturated heterocycles. The van der Waals surface area contributed by atoms with Gasteiger partial charge < -0.3 is 0 Å². The molecule has 4 heteroatoms. The SMILES string of the molecule is Cc1c(Cl)cccc1C(=O)c1ccns1. The zero-order valence-electron chi connectivity index (χ0n) is 8.03. The summed E-state index contributed by atoms with van der Waals surface area (Å²) in [6.07, 6.45) is 1.62. The fourth-order valence-electron chi connectivity index (χ4n) is 1.32. The molecular formula is C11H8ClNOS. The highest BCUT2D eigenvalue weighted by atomic mass is 35.5. The monoisotopic (exact) mass is 237 g/mol. The van der Waals surface area contributed by atoms with Crippen molar-refractivity contribution in [2.24, 2.45) is 0 Å². The molecule has 0 fully saturated rings. The predicted molar refractivity (Wildman–Crippen MR) is 61.7 cm³/mol. The molecule has 0 unspecified atom stereocenters. The van der Waals surface area contributed by atoms with E-state index in [0.717, 1.165) is 5.56 Å². The normalized spacial score (nSPS) is 10.3. The first-order valence-corrected chi connectivity index (χ1v) is 5.56. The van der Waals surface area contributed by atoms with Crippen molar-refractivity contribution >= 4 is 28.9 Å². The lowest BCUT2D eigenvalue weighted by Gasteiger charge is -2.04. The summed E-state index contributed by atoms with van der Waals surface area (Å²) in [6.45, 7) is 1.84. The Morgan fingerprint density at radius 1 is 1.40 bits per heavy atom. The van der Waals surface area contributed by atoms with Crippen LogP contribution in [0, 0.1) is 6.92 Å². The number of hydrogen-bond donors (Lipinski definition) is 0. The number of aromatic nitrogens is 1. The quantitative estimate of drug-likeness (QED) is 0.750. The summed E-state index contributed by atoms with van der Waals surface area (Å²) >= 11 is 7.15. The van der Waals surface area contributed by atoms with Gasteiger partial charge in [-0.15, -0.1) is 0 Å². The lowest BCUT2D eigenvalue weighted by molar-refractivity contribution is 0.104. The van der Waals surface area contributed by atoms with E-state index in [1.54, 1.807) is 30.5 Å². The minimum absolute atomic E-state index is 0.0162. The molecular weight excluding hydrogens is 230 g/mol. The Morgan fingerprint density at radius 2 is 2.20 bits per heavy atom. The Bertz CT molecular complexity index is 493. The van der Waals surface area contributed by atoms with Gasteiger partial charge in [-0.25, -0.2) is 4.37 Å². The van der Waals surface area contributed by atoms with Gasteiger partial charge in [0.05, 0.1) is 4.88 Å². The third-order valence-electron chi connectivity index (χ3n) is 2.17. The minimum Gasteiger partial charge on any atom is -0.288 e. The lowest BCUT2D eigenvalue weighted by atomic mass is 10.0. The first-order valence-electron chi connectivity index (χ1n) is 4.40. The highest BCUT2D eigenvalue weighted by molar-refractivity contribution is 7.08. The van der Waals surface area contributed by atoms with Gasteiger partial charge in [0.15, 0.2) is 0 Å². The molecule has 0 N–H and O–H groups in total. The maximum atomic E-state index is 12.0. The summed E-state index contributed by atoms with van der Waals surface area (Å²) in [5.41, 5.74) is 1.46. The number of hydrogen-bond acceptors (Lipinski definition) is 3. The number of carbonyl (C=O) groups is 1. The van der Waals surface area contributed by atoms with Crippen LogP contribution in [0.15, 0.2) is 30.5 Å². The number of ketones is 1. The first kappa shape index (κ1) is 10.3. The fourth-order valence-corrected chi connectivity index (χ4v) is 2.04. The van der Waals surface area contributed by atoms with Crippen molar-refractivity contribution < 1.29 is 4.79 Å². The number of carbonyl (C=O) groups excluding carboxylic acids is 1. The summed E-state index contributed by atoms with van der Waals surface area (Å²) in [4.78, 5) is 12.6. The van der Waals surface area contributed by atoms with Crippen molar-refractivity contribution in [3.8, 4) is 0 Å². The average molecular weight is 238 g/mol. The predicted octanol–water partition coefficient (Wildman–Crippen LogP) is 3.34. The van der Waals surface area contributed by atoms with Crippen LogP contribution < -0.4 is 0 Å². The van der Waals surface area contributed by atoms with E-state index in [2.05, 4.69) is 4.37 Å². The van der Waals surface area contributed by atoms with Crippen LogP contribution in [0.2, 0.25) is 5.02 Å². The zero-order valence-corrected chi connectivity index (χ0v) is 9.60. The molecule has 0 bridgehead atoms. The Hall–Kier alpha value is -1.19. The standard InChI is InChI=1S/C11H8ClNOS/c1-7-8(3-2-4-9(7)12)11(14)10-5-6-13-15-10/h2-6H,1H3. The van der Waals surface area contributed by atoms with Gasteiger partial charge in [0.2, 0.25) is 5.78 Å². The molecule has 15 heavy (non-hydrogen) atoms. The third kappa shape index (κ3) is 1.94. The van der Waals surface area contributed by atoms with Gasteiger partial charge in [-0.3, -0.25) is 4.79 Å². The smallest absolute Gasteiger partial charge is 0.204 e. The van der Waals surface area contributed by atoms with E-state index in [9.17, 15) is 4.79 Å². The van der Waals surface area contributed by atoms with E-state index in [1.807, 2.05) is 6.92 Å². The van der Waals surface area contributed by atoms with Crippen LogP contribution in [0.1, 0.15) is 20.8 Å². The Labute approximate surface area is 96.7 Å². The Kier molecular flexibility index (Phi) is 2.84. The van der Waals surface area contributed by atoms with Crippen LogP contribution in [0.3, 0.4) is 0 Å². The Morgan fingerprint density at radius 3 is 2.87 bits per heavy atom. The molecule has 0 aliphatic carbocycles. The van der Waals surface area contributed by atoms with Gasteiger partial charge in [-0.05, 0) is 36.2 Å². The van der Waals surface area contributed by atoms with Crippen LogP contribution in [0.4, 0.5) is 0 Å². The van der Waals surface area contributed by atoms with E-state index >= 15 is 0 Å². The van der Waals surface area contributed by atoms with Crippen molar-refractivity contribution in [1.29, 1.82) is 0 Å². The average Bonchev–Trinajstić information content (AvgIpc) is 2.74. The van der Waals surface area contributed by atoms with Gasteiger partial charge in [-0.2, -0.15) is 0 Å². The molecule has 0 saturated carbocycles. The summed E-state index contributed by atoms with van der Waals surface area (Å²) in [7, 11) is 0. The number of rotatable bonds is 2. The van der Waals surface area contributed by atoms with E-state index in [4.69, 9.17) is 11.6 Å². The second-order valence-electron chi connectivity index (χ2n) is 3.12. The number of nitrogens with zero attached hydrogens (tertiary/aromatic N) is 1. The van der Waals surface area contributed by atoms with Gasteiger partial charge in [0.1, 0.15) is 0 Å². The Balaban J connectivity index is 2.47. The third-order valence-corrected chi connectivity index (χ3v) is 3.33. The molecule has 2 nitrogen and oxygen atoms in total. The molecule has 0 spiro atoms. The van der Waals surface area contributed by atoms with E-state index in [1.165, 1.54) is 11.5 Å². The van der Waals surface area contributed by atoms with Crippen LogP contribution in [0.5, 0.6) is 0 Å².